The van der Waals surface area contributed by atoms with Gasteiger partial charge in [-0.25, -0.2) is 0 Å². The van der Waals surface area contributed by atoms with Crippen LogP contribution in [0.3, 0.4) is 0 Å². The molecule has 2 atom stereocenters. The fourth-order valence-corrected chi connectivity index (χ4v) is 6.72. The first-order valence-electron chi connectivity index (χ1n) is 18.3. The molecule has 0 saturated heterocycles. The number of hydrogen-bond acceptors (Lipinski definition) is 12. The molecule has 0 aliphatic rings. The molecule has 1 aromatic heterocycles. The van der Waals surface area contributed by atoms with Crippen LogP contribution in [0.15, 0.2) is 79.1 Å². The van der Waals surface area contributed by atoms with Crippen molar-refractivity contribution in [3.05, 3.63) is 133 Å². The molecule has 0 spiro atoms. The number of aliphatic carboxylic acids is 2. The largest absolute Gasteiger partial charge is 0.507 e. The maximum atomic E-state index is 11.8. The van der Waals surface area contributed by atoms with Crippen LogP contribution in [-0.4, -0.2) is 66.7 Å². The Kier molecular flexibility index (Phi) is 15.7. The van der Waals surface area contributed by atoms with E-state index in [0.29, 0.717) is 54.6 Å². The number of pyridine rings is 1. The predicted molar refractivity (Wildman–Crippen MR) is 228 cm³/mol. The molecule has 320 valence electrons. The number of hydrogen-bond donors (Lipinski definition) is 7. The van der Waals surface area contributed by atoms with Gasteiger partial charge in [-0.15, -0.1) is 0 Å². The van der Waals surface area contributed by atoms with Crippen LogP contribution in [0.5, 0.6) is 23.0 Å². The molecule has 0 radical (unpaired) electrons. The monoisotopic (exact) mass is 912 g/mol. The fourth-order valence-electron chi connectivity index (χ4n) is 5.67. The summed E-state index contributed by atoms with van der Waals surface area (Å²) < 4.78 is 18.2. The number of aliphatic hydroxyl groups excluding tert-OH is 2. The maximum Gasteiger partial charge on any atom is 0.326 e. The third-order valence-corrected chi connectivity index (χ3v) is 11.2. The highest BCUT2D eigenvalue weighted by Crippen LogP contribution is 2.40. The summed E-state index contributed by atoms with van der Waals surface area (Å²) in [5, 5.41) is 64.8. The van der Waals surface area contributed by atoms with Crippen LogP contribution in [0.1, 0.15) is 47.2 Å². The smallest absolute Gasteiger partial charge is 0.326 e. The van der Waals surface area contributed by atoms with Crippen molar-refractivity contribution in [1.82, 2.24) is 15.6 Å². The number of carboxylic acid groups (broad SMARTS) is 2. The first-order chi connectivity index (χ1) is 29.0. The fraction of sp³-hybridized carbons (Fsp3) is 0.256. The van der Waals surface area contributed by atoms with E-state index in [1.165, 1.54) is 32.2 Å². The van der Waals surface area contributed by atoms with Crippen molar-refractivity contribution in [3.8, 4) is 40.2 Å². The Morgan fingerprint density at radius 2 is 1.18 bits per heavy atom. The number of aromatic hydroxyl groups is 1. The Bertz CT molecular complexity index is 2470. The second-order valence-corrected chi connectivity index (χ2v) is 15.8. The van der Waals surface area contributed by atoms with E-state index in [1.54, 1.807) is 60.8 Å². The third-order valence-electron chi connectivity index (χ3n) is 9.69. The standard InChI is InChI=1S/C43H40Cl4N4O10/c1-42(22-52,40(55)56)50-17-28-10-32(44)36(12-34(28)54)60-20-26-5-3-7-30(38(26)46)31-8-4-6-27(39(31)47)21-61-37-13-35(59-19-25-9-24(14-48)15-49-16-25)29(11-33(37)45)18-51-43(2,23-53)41(57)58/h3-13,15-16,50-54H,17-23H2,1-2H3,(H,55,56)(H,57,58). The van der Waals surface area contributed by atoms with Crippen molar-refractivity contribution in [2.75, 3.05) is 13.2 Å². The first-order valence-corrected chi connectivity index (χ1v) is 19.8. The number of carboxylic acids is 2. The van der Waals surface area contributed by atoms with Gasteiger partial charge in [-0.2, -0.15) is 5.26 Å². The summed E-state index contributed by atoms with van der Waals surface area (Å²) in [6.45, 7) is 1.08. The molecule has 0 aliphatic carbocycles. The average molecular weight is 915 g/mol. The zero-order valence-electron chi connectivity index (χ0n) is 32.6. The van der Waals surface area contributed by atoms with Crippen LogP contribution < -0.4 is 24.8 Å². The molecule has 1 heterocycles. The summed E-state index contributed by atoms with van der Waals surface area (Å²) in [5.74, 6) is -2.06. The van der Waals surface area contributed by atoms with Gasteiger partial charge in [-0.3, -0.25) is 25.2 Å². The van der Waals surface area contributed by atoms with Gasteiger partial charge >= 0.3 is 11.9 Å². The molecule has 5 aromatic rings. The number of nitrogens with one attached hydrogen (secondary N) is 2. The van der Waals surface area contributed by atoms with Crippen molar-refractivity contribution in [2.24, 2.45) is 0 Å². The molecule has 14 nitrogen and oxygen atoms in total. The van der Waals surface area contributed by atoms with Crippen LogP contribution in [0.2, 0.25) is 20.1 Å². The van der Waals surface area contributed by atoms with Crippen LogP contribution in [0.25, 0.3) is 11.1 Å². The zero-order chi connectivity index (χ0) is 44.5. The van der Waals surface area contributed by atoms with Crippen molar-refractivity contribution in [2.45, 2.75) is 57.8 Å². The lowest BCUT2D eigenvalue weighted by atomic mass is 10.0. The highest BCUT2D eigenvalue weighted by molar-refractivity contribution is 6.37. The highest BCUT2D eigenvalue weighted by Gasteiger charge is 2.33. The molecule has 7 N–H and O–H groups in total. The number of rotatable bonds is 20. The van der Waals surface area contributed by atoms with Crippen molar-refractivity contribution < 1.29 is 49.3 Å². The third kappa shape index (κ3) is 11.3. The van der Waals surface area contributed by atoms with E-state index in [2.05, 4.69) is 15.6 Å². The second-order valence-electron chi connectivity index (χ2n) is 14.2. The average Bonchev–Trinajstić information content (AvgIpc) is 3.25. The van der Waals surface area contributed by atoms with Gasteiger partial charge in [0.2, 0.25) is 0 Å². The molecule has 0 fully saturated rings. The number of ether oxygens (including phenoxy) is 3. The number of carbonyl (C=O) groups is 2. The Labute approximate surface area is 370 Å². The molecule has 0 amide bonds. The van der Waals surface area contributed by atoms with Gasteiger partial charge in [0.1, 0.15) is 60.0 Å². The van der Waals surface area contributed by atoms with Gasteiger partial charge in [0.15, 0.2) is 0 Å². The minimum absolute atomic E-state index is 0.00685. The predicted octanol–water partition coefficient (Wildman–Crippen LogP) is 7.53. The summed E-state index contributed by atoms with van der Waals surface area (Å²) in [4.78, 5) is 27.4. The van der Waals surface area contributed by atoms with E-state index in [9.17, 15) is 40.4 Å². The number of nitrogens with zero attached hydrogens (tertiary/aromatic N) is 2. The number of halogens is 4. The maximum absolute atomic E-state index is 11.8. The molecule has 0 bridgehead atoms. The zero-order valence-corrected chi connectivity index (χ0v) is 35.7. The van der Waals surface area contributed by atoms with Gasteiger partial charge in [0, 0.05) is 76.6 Å². The molecule has 61 heavy (non-hydrogen) atoms. The Balaban J connectivity index is 1.33. The highest BCUT2D eigenvalue weighted by atomic mass is 35.5. The number of aliphatic hydroxyl groups is 2. The number of nitriles is 1. The van der Waals surface area contributed by atoms with Gasteiger partial charge in [0.05, 0.1) is 38.9 Å². The van der Waals surface area contributed by atoms with E-state index in [-0.39, 0.29) is 66.0 Å². The molecular weight excluding hydrogens is 874 g/mol. The molecule has 0 saturated carbocycles. The van der Waals surface area contributed by atoms with Gasteiger partial charge in [-0.1, -0.05) is 82.8 Å². The van der Waals surface area contributed by atoms with Crippen molar-refractivity contribution in [1.29, 1.82) is 5.26 Å². The van der Waals surface area contributed by atoms with E-state index in [4.69, 9.17) is 60.6 Å². The first kappa shape index (κ1) is 46.7. The normalized spacial score (nSPS) is 13.1. The summed E-state index contributed by atoms with van der Waals surface area (Å²) in [6, 6.07) is 20.2. The minimum atomic E-state index is -1.65. The Morgan fingerprint density at radius 1 is 0.689 bits per heavy atom. The molecule has 0 aliphatic heterocycles. The van der Waals surface area contributed by atoms with Crippen LogP contribution >= 0.6 is 46.4 Å². The number of phenolic OH excluding ortho intramolecular Hbond substituents is 1. The number of phenols is 1. The van der Waals surface area contributed by atoms with Crippen molar-refractivity contribution in [3.63, 3.8) is 0 Å². The summed E-state index contributed by atoms with van der Waals surface area (Å²) in [6.07, 6.45) is 2.97. The lowest BCUT2D eigenvalue weighted by Crippen LogP contribution is -2.52. The summed E-state index contributed by atoms with van der Waals surface area (Å²) in [5.41, 5.74) is 0.762. The summed E-state index contributed by atoms with van der Waals surface area (Å²) in [7, 11) is 0. The number of benzene rings is 4. The van der Waals surface area contributed by atoms with Gasteiger partial charge in [0.25, 0.3) is 0 Å². The quantitative estimate of drug-likeness (QED) is 0.0401. The molecule has 5 rings (SSSR count). The Hall–Kier alpha value is -5.34. The summed E-state index contributed by atoms with van der Waals surface area (Å²) >= 11 is 27.0. The number of aromatic nitrogens is 1. The van der Waals surface area contributed by atoms with Crippen molar-refractivity contribution >= 4 is 58.3 Å². The molecule has 18 heteroatoms. The van der Waals surface area contributed by atoms with Crippen LogP contribution in [0.4, 0.5) is 0 Å². The lowest BCUT2D eigenvalue weighted by Gasteiger charge is -2.25. The molecular formula is C43H40Cl4N4O10. The second kappa shape index (κ2) is 20.5. The van der Waals surface area contributed by atoms with E-state index in [0.717, 1.165) is 0 Å². The van der Waals surface area contributed by atoms with E-state index in [1.807, 2.05) is 6.07 Å². The van der Waals surface area contributed by atoms with Gasteiger partial charge in [-0.05, 0) is 32.0 Å². The Morgan fingerprint density at radius 3 is 1.69 bits per heavy atom. The molecule has 2 unspecified atom stereocenters. The van der Waals surface area contributed by atoms with E-state index < -0.39 is 36.2 Å². The minimum Gasteiger partial charge on any atom is -0.507 e. The topological polar surface area (TPSA) is 224 Å². The van der Waals surface area contributed by atoms with E-state index >= 15 is 0 Å². The SMILES string of the molecule is CC(CO)(NCc1cc(Cl)c(OCc2cccc(-c3cccc(COc4cc(OCc5cncc(C#N)c5)c(CNC(C)(CO)C(=O)O)cc4Cl)c3Cl)c2Cl)cc1O)C(=O)O. The molecule has 4 aromatic carbocycles. The lowest BCUT2D eigenvalue weighted by molar-refractivity contribution is -0.146. The van der Waals surface area contributed by atoms with Gasteiger partial charge < -0.3 is 39.7 Å². The van der Waals surface area contributed by atoms with Crippen LogP contribution in [-0.2, 0) is 42.5 Å². The van der Waals surface area contributed by atoms with Crippen LogP contribution in [0, 0.1) is 11.3 Å².